The van der Waals surface area contributed by atoms with Crippen LogP contribution in [0.4, 0.5) is 18.9 Å². The van der Waals surface area contributed by atoms with Crippen molar-refractivity contribution in [3.05, 3.63) is 29.8 Å². The minimum absolute atomic E-state index is 0.0388. The van der Waals surface area contributed by atoms with Crippen molar-refractivity contribution in [2.75, 3.05) is 11.9 Å². The summed E-state index contributed by atoms with van der Waals surface area (Å²) >= 11 is 0. The Kier molecular flexibility index (Phi) is 5.15. The van der Waals surface area contributed by atoms with Crippen molar-refractivity contribution in [3.8, 4) is 0 Å². The predicted molar refractivity (Wildman–Crippen MR) is 61.2 cm³/mol. The maximum Gasteiger partial charge on any atom is 0.471 e. The van der Waals surface area contributed by atoms with Crippen LogP contribution in [0, 0.1) is 0 Å². The number of benzene rings is 1. The summed E-state index contributed by atoms with van der Waals surface area (Å²) in [5, 5.41) is 10.5. The van der Waals surface area contributed by atoms with Gasteiger partial charge in [-0.25, -0.2) is 0 Å². The number of carbonyl (C=O) groups excluding carboxylic acids is 1. The molecule has 0 unspecified atom stereocenters. The lowest BCUT2D eigenvalue weighted by Crippen LogP contribution is -2.30. The van der Waals surface area contributed by atoms with Gasteiger partial charge in [0.1, 0.15) is 0 Å². The average molecular weight is 261 g/mol. The van der Waals surface area contributed by atoms with E-state index in [-0.39, 0.29) is 12.3 Å². The van der Waals surface area contributed by atoms with Crippen LogP contribution in [-0.4, -0.2) is 23.8 Å². The Bertz CT molecular complexity index is 405. The van der Waals surface area contributed by atoms with E-state index in [9.17, 15) is 18.0 Å². The van der Waals surface area contributed by atoms with Crippen LogP contribution in [-0.2, 0) is 11.2 Å². The Morgan fingerprint density at radius 1 is 1.22 bits per heavy atom. The van der Waals surface area contributed by atoms with Crippen molar-refractivity contribution < 1.29 is 23.1 Å². The van der Waals surface area contributed by atoms with Crippen LogP contribution in [0.3, 0.4) is 0 Å². The number of alkyl halides is 3. The molecule has 0 aliphatic heterocycles. The van der Waals surface area contributed by atoms with Crippen LogP contribution in [0.2, 0.25) is 0 Å². The van der Waals surface area contributed by atoms with Crippen molar-refractivity contribution in [2.45, 2.75) is 25.4 Å². The zero-order valence-electron chi connectivity index (χ0n) is 9.63. The van der Waals surface area contributed by atoms with Gasteiger partial charge in [-0.3, -0.25) is 4.79 Å². The molecule has 0 heterocycles. The Morgan fingerprint density at radius 3 is 2.50 bits per heavy atom. The van der Waals surface area contributed by atoms with Gasteiger partial charge in [0.25, 0.3) is 0 Å². The van der Waals surface area contributed by atoms with Crippen LogP contribution in [0.5, 0.6) is 0 Å². The third-order valence-corrected chi connectivity index (χ3v) is 2.38. The van der Waals surface area contributed by atoms with Gasteiger partial charge in [-0.05, 0) is 30.9 Å². The van der Waals surface area contributed by atoms with Crippen LogP contribution < -0.4 is 5.32 Å². The fourth-order valence-electron chi connectivity index (χ4n) is 1.48. The van der Waals surface area contributed by atoms with Crippen LogP contribution in [0.15, 0.2) is 24.3 Å². The first kappa shape index (κ1) is 14.5. The number of nitrogens with one attached hydrogen (secondary N) is 1. The summed E-state index contributed by atoms with van der Waals surface area (Å²) in [5.74, 6) is -1.97. The Labute approximate surface area is 103 Å². The number of hydrogen-bond donors (Lipinski definition) is 2. The van der Waals surface area contributed by atoms with Gasteiger partial charge >= 0.3 is 12.1 Å². The molecule has 0 fully saturated rings. The van der Waals surface area contributed by atoms with E-state index in [4.69, 9.17) is 5.11 Å². The topological polar surface area (TPSA) is 49.3 Å². The predicted octanol–water partition coefficient (Wildman–Crippen LogP) is 2.50. The molecule has 1 aromatic rings. The molecule has 6 heteroatoms. The number of unbranched alkanes of at least 4 members (excludes halogenated alkanes) is 1. The molecule has 0 saturated carbocycles. The standard InChI is InChI=1S/C12H14F3NO2/c13-12(14,15)11(18)16-10-7-2-1-5-9(10)6-3-4-8-17/h1-2,5,7,17H,3-4,6,8H2,(H,16,18). The summed E-state index contributed by atoms with van der Waals surface area (Å²) in [4.78, 5) is 10.8. The highest BCUT2D eigenvalue weighted by Crippen LogP contribution is 2.22. The molecule has 0 aliphatic carbocycles. The highest BCUT2D eigenvalue weighted by atomic mass is 19.4. The number of para-hydroxylation sites is 1. The van der Waals surface area contributed by atoms with Crippen LogP contribution in [0.25, 0.3) is 0 Å². The van der Waals surface area contributed by atoms with Gasteiger partial charge in [0, 0.05) is 12.3 Å². The van der Waals surface area contributed by atoms with Gasteiger partial charge in [0.05, 0.1) is 0 Å². The lowest BCUT2D eigenvalue weighted by atomic mass is 10.1. The molecule has 18 heavy (non-hydrogen) atoms. The largest absolute Gasteiger partial charge is 0.471 e. The number of aryl methyl sites for hydroxylation is 1. The zero-order valence-corrected chi connectivity index (χ0v) is 9.63. The van der Waals surface area contributed by atoms with Gasteiger partial charge in [-0.1, -0.05) is 18.2 Å². The number of aliphatic hydroxyl groups excluding tert-OH is 1. The summed E-state index contributed by atoms with van der Waals surface area (Å²) in [7, 11) is 0. The lowest BCUT2D eigenvalue weighted by Gasteiger charge is -2.12. The Balaban J connectivity index is 2.73. The monoisotopic (exact) mass is 261 g/mol. The van der Waals surface area contributed by atoms with Gasteiger partial charge < -0.3 is 10.4 Å². The van der Waals surface area contributed by atoms with Crippen LogP contribution in [0.1, 0.15) is 18.4 Å². The van der Waals surface area contributed by atoms with Gasteiger partial charge in [0.15, 0.2) is 0 Å². The number of amides is 1. The minimum atomic E-state index is -4.89. The normalized spacial score (nSPS) is 11.3. The molecule has 1 amide bonds. The van der Waals surface area contributed by atoms with Crippen molar-refractivity contribution in [2.24, 2.45) is 0 Å². The molecule has 3 nitrogen and oxygen atoms in total. The molecule has 1 aromatic carbocycles. The van der Waals surface area contributed by atoms with E-state index in [2.05, 4.69) is 0 Å². The summed E-state index contributed by atoms with van der Waals surface area (Å²) in [6, 6.07) is 6.33. The molecular formula is C12H14F3NO2. The summed E-state index contributed by atoms with van der Waals surface area (Å²) < 4.78 is 36.4. The third kappa shape index (κ3) is 4.37. The smallest absolute Gasteiger partial charge is 0.396 e. The Hall–Kier alpha value is -1.56. The van der Waals surface area contributed by atoms with Gasteiger partial charge in [-0.2, -0.15) is 13.2 Å². The average Bonchev–Trinajstić information content (AvgIpc) is 2.30. The van der Waals surface area contributed by atoms with E-state index in [1.54, 1.807) is 18.2 Å². The van der Waals surface area contributed by atoms with Crippen molar-refractivity contribution >= 4 is 11.6 Å². The first-order valence-corrected chi connectivity index (χ1v) is 5.52. The number of halogens is 3. The van der Waals surface area contributed by atoms with Gasteiger partial charge in [0.2, 0.25) is 0 Å². The van der Waals surface area contributed by atoms with E-state index in [0.717, 1.165) is 0 Å². The molecule has 100 valence electrons. The molecule has 0 aromatic heterocycles. The number of carbonyl (C=O) groups is 1. The second-order valence-electron chi connectivity index (χ2n) is 3.79. The molecule has 0 bridgehead atoms. The summed E-state index contributed by atoms with van der Waals surface area (Å²) in [6.07, 6.45) is -3.16. The van der Waals surface area contributed by atoms with E-state index < -0.39 is 12.1 Å². The van der Waals surface area contributed by atoms with Crippen molar-refractivity contribution in [1.29, 1.82) is 0 Å². The molecule has 1 rings (SSSR count). The molecule has 0 atom stereocenters. The highest BCUT2D eigenvalue weighted by molar-refractivity contribution is 5.95. The number of aliphatic hydroxyl groups is 1. The molecule has 0 saturated heterocycles. The first-order chi connectivity index (χ1) is 8.45. The lowest BCUT2D eigenvalue weighted by molar-refractivity contribution is -0.167. The maximum atomic E-state index is 12.1. The number of hydrogen-bond acceptors (Lipinski definition) is 2. The highest BCUT2D eigenvalue weighted by Gasteiger charge is 2.38. The summed E-state index contributed by atoms with van der Waals surface area (Å²) in [5.41, 5.74) is 0.793. The second-order valence-corrected chi connectivity index (χ2v) is 3.79. The zero-order chi connectivity index (χ0) is 13.6. The molecule has 0 spiro atoms. The molecule has 2 N–H and O–H groups in total. The third-order valence-electron chi connectivity index (χ3n) is 2.38. The quantitative estimate of drug-likeness (QED) is 0.800. The minimum Gasteiger partial charge on any atom is -0.396 e. The molecule has 0 aliphatic rings. The van der Waals surface area contributed by atoms with Crippen molar-refractivity contribution in [3.63, 3.8) is 0 Å². The number of rotatable bonds is 5. The SMILES string of the molecule is O=C(Nc1ccccc1CCCCO)C(F)(F)F. The second kappa shape index (κ2) is 6.39. The summed E-state index contributed by atoms with van der Waals surface area (Å²) in [6.45, 7) is 0.0388. The van der Waals surface area contributed by atoms with E-state index >= 15 is 0 Å². The fourth-order valence-corrected chi connectivity index (χ4v) is 1.48. The van der Waals surface area contributed by atoms with E-state index in [1.165, 1.54) is 6.07 Å². The van der Waals surface area contributed by atoms with Crippen LogP contribution >= 0.6 is 0 Å². The Morgan fingerprint density at radius 2 is 1.89 bits per heavy atom. The van der Waals surface area contributed by atoms with Crippen molar-refractivity contribution in [1.82, 2.24) is 0 Å². The van der Waals surface area contributed by atoms with E-state index in [1.807, 2.05) is 5.32 Å². The van der Waals surface area contributed by atoms with Gasteiger partial charge in [-0.15, -0.1) is 0 Å². The number of anilines is 1. The molecule has 0 radical (unpaired) electrons. The molecular weight excluding hydrogens is 247 g/mol. The fraction of sp³-hybridized carbons (Fsp3) is 0.417. The maximum absolute atomic E-state index is 12.1. The first-order valence-electron chi connectivity index (χ1n) is 5.52. The van der Waals surface area contributed by atoms with E-state index in [0.29, 0.717) is 24.8 Å².